The van der Waals surface area contributed by atoms with E-state index < -0.39 is 6.04 Å². The number of hydrogen-bond acceptors (Lipinski definition) is 3. The van der Waals surface area contributed by atoms with E-state index in [-0.39, 0.29) is 11.8 Å². The number of nitrogens with zero attached hydrogens (tertiary/aromatic N) is 1. The number of piperazine rings is 1. The molecule has 5 heteroatoms. The standard InChI is InChI=1S/C15H16N2O2S/c1-9-11-5-3-4-6-12(11)20-13(9)15(19)17-8-7-16-14(18)10(17)2/h3-6,10H,7-8H2,1-2H3,(H,16,18). The van der Waals surface area contributed by atoms with Crippen LogP contribution in [0.5, 0.6) is 0 Å². The zero-order valence-corrected chi connectivity index (χ0v) is 12.3. The molecule has 0 radical (unpaired) electrons. The molecule has 1 saturated heterocycles. The van der Waals surface area contributed by atoms with Crippen LogP contribution in [0.2, 0.25) is 0 Å². The first-order valence-electron chi connectivity index (χ1n) is 6.66. The fourth-order valence-electron chi connectivity index (χ4n) is 2.57. The highest BCUT2D eigenvalue weighted by molar-refractivity contribution is 7.21. The summed E-state index contributed by atoms with van der Waals surface area (Å²) in [5.41, 5.74) is 1.01. The number of carbonyl (C=O) groups excluding carboxylic acids is 2. The van der Waals surface area contributed by atoms with Gasteiger partial charge in [-0.25, -0.2) is 0 Å². The first-order valence-corrected chi connectivity index (χ1v) is 7.48. The fraction of sp³-hybridized carbons (Fsp3) is 0.333. The molecule has 104 valence electrons. The summed E-state index contributed by atoms with van der Waals surface area (Å²) in [6, 6.07) is 7.61. The van der Waals surface area contributed by atoms with Crippen LogP contribution in [-0.4, -0.2) is 35.8 Å². The number of benzene rings is 1. The molecule has 1 unspecified atom stereocenters. The highest BCUT2D eigenvalue weighted by Crippen LogP contribution is 2.31. The Morgan fingerprint density at radius 2 is 2.15 bits per heavy atom. The van der Waals surface area contributed by atoms with Crippen molar-refractivity contribution in [1.29, 1.82) is 0 Å². The predicted octanol–water partition coefficient (Wildman–Crippen LogP) is 2.17. The summed E-state index contributed by atoms with van der Waals surface area (Å²) in [5, 5.41) is 3.90. The minimum atomic E-state index is -0.402. The third-order valence-electron chi connectivity index (χ3n) is 3.80. The van der Waals surface area contributed by atoms with Crippen molar-refractivity contribution in [3.05, 3.63) is 34.7 Å². The SMILES string of the molecule is Cc1c(C(=O)N2CCNC(=O)C2C)sc2ccccc12. The normalized spacial score (nSPS) is 19.2. The van der Waals surface area contributed by atoms with Crippen LogP contribution in [0.15, 0.2) is 24.3 Å². The Bertz CT molecular complexity index is 692. The zero-order valence-electron chi connectivity index (χ0n) is 11.5. The van der Waals surface area contributed by atoms with Gasteiger partial charge in [0, 0.05) is 17.8 Å². The molecule has 20 heavy (non-hydrogen) atoms. The van der Waals surface area contributed by atoms with Gasteiger partial charge in [0.2, 0.25) is 5.91 Å². The number of nitrogens with one attached hydrogen (secondary N) is 1. The summed E-state index contributed by atoms with van der Waals surface area (Å²) in [5.74, 6) is -0.116. The van der Waals surface area contributed by atoms with Crippen LogP contribution >= 0.6 is 11.3 Å². The van der Waals surface area contributed by atoms with E-state index in [0.29, 0.717) is 13.1 Å². The summed E-state index contributed by atoms with van der Waals surface area (Å²) in [7, 11) is 0. The molecular formula is C15H16N2O2S. The first-order chi connectivity index (χ1) is 9.59. The molecule has 1 fully saturated rings. The topological polar surface area (TPSA) is 49.4 Å². The monoisotopic (exact) mass is 288 g/mol. The molecule has 2 aromatic rings. The van der Waals surface area contributed by atoms with Crippen LogP contribution in [0.4, 0.5) is 0 Å². The van der Waals surface area contributed by atoms with Crippen molar-refractivity contribution < 1.29 is 9.59 Å². The number of fused-ring (bicyclic) bond motifs is 1. The van der Waals surface area contributed by atoms with Gasteiger partial charge in [0.15, 0.2) is 0 Å². The largest absolute Gasteiger partial charge is 0.353 e. The second-order valence-corrected chi connectivity index (χ2v) is 6.07. The summed E-state index contributed by atoms with van der Waals surface area (Å²) in [6.45, 7) is 4.84. The van der Waals surface area contributed by atoms with E-state index in [1.807, 2.05) is 31.2 Å². The van der Waals surface area contributed by atoms with Gasteiger partial charge in [0.25, 0.3) is 5.91 Å². The highest BCUT2D eigenvalue weighted by Gasteiger charge is 2.31. The van der Waals surface area contributed by atoms with Gasteiger partial charge in [-0.15, -0.1) is 11.3 Å². The number of carbonyl (C=O) groups is 2. The molecule has 1 aliphatic heterocycles. The minimum Gasteiger partial charge on any atom is -0.353 e. The summed E-state index contributed by atoms with van der Waals surface area (Å²) in [4.78, 5) is 26.8. The fourth-order valence-corrected chi connectivity index (χ4v) is 3.73. The predicted molar refractivity (Wildman–Crippen MR) is 80.1 cm³/mol. The number of aryl methyl sites for hydroxylation is 1. The summed E-state index contributed by atoms with van der Waals surface area (Å²) < 4.78 is 1.11. The Hall–Kier alpha value is -1.88. The lowest BCUT2D eigenvalue weighted by atomic mass is 10.1. The van der Waals surface area contributed by atoms with Crippen molar-refractivity contribution in [3.8, 4) is 0 Å². The van der Waals surface area contributed by atoms with E-state index in [1.165, 1.54) is 11.3 Å². The van der Waals surface area contributed by atoms with E-state index in [9.17, 15) is 9.59 Å². The van der Waals surface area contributed by atoms with Crippen molar-refractivity contribution in [2.24, 2.45) is 0 Å². The van der Waals surface area contributed by atoms with Crippen molar-refractivity contribution in [3.63, 3.8) is 0 Å². The van der Waals surface area contributed by atoms with Crippen LogP contribution in [0.25, 0.3) is 10.1 Å². The molecule has 0 bridgehead atoms. The van der Waals surface area contributed by atoms with Crippen molar-refractivity contribution in [1.82, 2.24) is 10.2 Å². The lowest BCUT2D eigenvalue weighted by Gasteiger charge is -2.32. The van der Waals surface area contributed by atoms with Gasteiger partial charge in [-0.3, -0.25) is 9.59 Å². The number of hydrogen-bond donors (Lipinski definition) is 1. The molecule has 1 N–H and O–H groups in total. The average molecular weight is 288 g/mol. The minimum absolute atomic E-state index is 0.0361. The molecule has 0 aliphatic carbocycles. The second-order valence-electron chi connectivity index (χ2n) is 5.02. The van der Waals surface area contributed by atoms with E-state index in [1.54, 1.807) is 11.8 Å². The number of rotatable bonds is 1. The van der Waals surface area contributed by atoms with Gasteiger partial charge in [-0.05, 0) is 30.9 Å². The Morgan fingerprint density at radius 3 is 2.90 bits per heavy atom. The maximum atomic E-state index is 12.7. The van der Waals surface area contributed by atoms with Gasteiger partial charge in [0.05, 0.1) is 4.88 Å². The molecule has 0 spiro atoms. The molecule has 4 nitrogen and oxygen atoms in total. The Morgan fingerprint density at radius 1 is 1.40 bits per heavy atom. The molecule has 0 saturated carbocycles. The Kier molecular flexibility index (Phi) is 3.22. The Balaban J connectivity index is 2.00. The molecule has 2 amide bonds. The summed E-state index contributed by atoms with van der Waals surface area (Å²) in [6.07, 6.45) is 0. The second kappa shape index (κ2) is 4.90. The van der Waals surface area contributed by atoms with E-state index in [2.05, 4.69) is 5.32 Å². The number of amides is 2. The quantitative estimate of drug-likeness (QED) is 0.874. The maximum Gasteiger partial charge on any atom is 0.264 e. The van der Waals surface area contributed by atoms with E-state index in [4.69, 9.17) is 0 Å². The molecule has 3 rings (SSSR count). The van der Waals surface area contributed by atoms with Crippen molar-refractivity contribution >= 4 is 33.2 Å². The molecule has 1 aromatic carbocycles. The third-order valence-corrected chi connectivity index (χ3v) is 5.06. The third kappa shape index (κ3) is 1.98. The Labute approximate surface area is 121 Å². The van der Waals surface area contributed by atoms with Crippen LogP contribution in [0, 0.1) is 6.92 Å². The molecule has 1 aromatic heterocycles. The van der Waals surface area contributed by atoms with Gasteiger partial charge in [-0.1, -0.05) is 18.2 Å². The van der Waals surface area contributed by atoms with Crippen LogP contribution < -0.4 is 5.32 Å². The smallest absolute Gasteiger partial charge is 0.264 e. The molecular weight excluding hydrogens is 272 g/mol. The van der Waals surface area contributed by atoms with E-state index in [0.717, 1.165) is 20.5 Å². The van der Waals surface area contributed by atoms with Crippen LogP contribution in [-0.2, 0) is 4.79 Å². The van der Waals surface area contributed by atoms with Crippen molar-refractivity contribution in [2.45, 2.75) is 19.9 Å². The lowest BCUT2D eigenvalue weighted by molar-refractivity contribution is -0.127. The van der Waals surface area contributed by atoms with Crippen LogP contribution in [0.3, 0.4) is 0 Å². The highest BCUT2D eigenvalue weighted by atomic mass is 32.1. The maximum absolute atomic E-state index is 12.7. The van der Waals surface area contributed by atoms with Gasteiger partial charge in [-0.2, -0.15) is 0 Å². The molecule has 2 heterocycles. The molecule has 1 atom stereocenters. The van der Waals surface area contributed by atoms with Gasteiger partial charge >= 0.3 is 0 Å². The lowest BCUT2D eigenvalue weighted by Crippen LogP contribution is -2.55. The zero-order chi connectivity index (χ0) is 14.3. The summed E-state index contributed by atoms with van der Waals surface area (Å²) >= 11 is 1.51. The van der Waals surface area contributed by atoms with Gasteiger partial charge in [0.1, 0.15) is 6.04 Å². The average Bonchev–Trinajstić information content (AvgIpc) is 2.79. The van der Waals surface area contributed by atoms with Crippen molar-refractivity contribution in [2.75, 3.05) is 13.1 Å². The van der Waals surface area contributed by atoms with Gasteiger partial charge < -0.3 is 10.2 Å². The number of thiophene rings is 1. The van der Waals surface area contributed by atoms with E-state index >= 15 is 0 Å². The van der Waals surface area contributed by atoms with Crippen LogP contribution in [0.1, 0.15) is 22.2 Å². The molecule has 1 aliphatic rings. The first kappa shape index (κ1) is 13.1.